The quantitative estimate of drug-likeness (QED) is 0.363. The molecule has 0 spiro atoms. The Morgan fingerprint density at radius 1 is 1.09 bits per heavy atom. The van der Waals surface area contributed by atoms with Crippen molar-refractivity contribution in [2.24, 2.45) is 0 Å². The summed E-state index contributed by atoms with van der Waals surface area (Å²) in [7, 11) is 0. The van der Waals surface area contributed by atoms with E-state index in [0.29, 0.717) is 86.9 Å². The van der Waals surface area contributed by atoms with Gasteiger partial charge in [0.05, 0.1) is 22.2 Å². The first kappa shape index (κ1) is 30.9. The Hall–Kier alpha value is -3.71. The van der Waals surface area contributed by atoms with E-state index in [9.17, 15) is 18.7 Å². The van der Waals surface area contributed by atoms with Gasteiger partial charge in [-0.25, -0.2) is 13.2 Å². The molecule has 2 aromatic heterocycles. The lowest BCUT2D eigenvalue weighted by Crippen LogP contribution is -2.50. The van der Waals surface area contributed by atoms with Gasteiger partial charge in [-0.15, -0.1) is 0 Å². The number of alkyl halides is 1. The number of nitrogens with two attached hydrogens (primary N) is 1. The molecule has 0 aliphatic carbocycles. The van der Waals surface area contributed by atoms with Crippen LogP contribution in [0.2, 0.25) is 0 Å². The third-order valence-electron chi connectivity index (χ3n) is 10.2. The van der Waals surface area contributed by atoms with Gasteiger partial charge in [0.25, 0.3) is 0 Å². The molecule has 3 aromatic rings. The minimum Gasteiger partial charge on any atom is -0.461 e. The van der Waals surface area contributed by atoms with Crippen LogP contribution < -0.4 is 20.7 Å². The van der Waals surface area contributed by atoms with Crippen LogP contribution in [-0.2, 0) is 11.2 Å². The van der Waals surface area contributed by atoms with Crippen LogP contribution in [0.1, 0.15) is 63.4 Å². The van der Waals surface area contributed by atoms with Gasteiger partial charge < -0.3 is 25.8 Å². The monoisotopic (exact) mass is 639 g/mol. The van der Waals surface area contributed by atoms with Gasteiger partial charge in [-0.2, -0.15) is 9.97 Å². The molecule has 5 aliphatic heterocycles. The number of fused-ring (bicyclic) bond motifs is 9. The molecule has 10 nitrogen and oxygen atoms in total. The molecule has 8 rings (SSSR count). The predicted molar refractivity (Wildman–Crippen MR) is 167 cm³/mol. The van der Waals surface area contributed by atoms with Crippen molar-refractivity contribution in [2.75, 3.05) is 50.0 Å². The van der Waals surface area contributed by atoms with Crippen LogP contribution in [0.5, 0.6) is 6.01 Å². The molecule has 3 unspecified atom stereocenters. The zero-order valence-corrected chi connectivity index (χ0v) is 25.8. The largest absolute Gasteiger partial charge is 0.461 e. The average molecular weight is 640 g/mol. The lowest BCUT2D eigenvalue weighted by molar-refractivity contribution is -0.121. The van der Waals surface area contributed by atoms with E-state index in [-0.39, 0.29) is 48.4 Å². The summed E-state index contributed by atoms with van der Waals surface area (Å²) in [5.41, 5.74) is 5.07. The van der Waals surface area contributed by atoms with Crippen LogP contribution in [0.25, 0.3) is 22.2 Å². The Labute approximate surface area is 265 Å². The van der Waals surface area contributed by atoms with Gasteiger partial charge in [0.1, 0.15) is 35.6 Å². The maximum absolute atomic E-state index is 16.7. The van der Waals surface area contributed by atoms with Crippen molar-refractivity contribution in [1.82, 2.24) is 25.2 Å². The molecule has 6 bridgehead atoms. The number of aliphatic hydroxyl groups is 1. The number of amides is 1. The topological polar surface area (TPSA) is 130 Å². The van der Waals surface area contributed by atoms with E-state index in [1.54, 1.807) is 0 Å². The first-order valence-electron chi connectivity index (χ1n) is 16.3. The molecule has 0 radical (unpaired) electrons. The highest BCUT2D eigenvalue weighted by atomic mass is 19.1. The number of rotatable bonds is 3. The maximum atomic E-state index is 16.7. The number of piperidine rings is 1. The number of pyridine rings is 1. The third-order valence-corrected chi connectivity index (χ3v) is 10.2. The van der Waals surface area contributed by atoms with Crippen molar-refractivity contribution in [3.05, 3.63) is 35.5 Å². The van der Waals surface area contributed by atoms with Gasteiger partial charge in [0, 0.05) is 50.8 Å². The van der Waals surface area contributed by atoms with E-state index in [0.717, 1.165) is 19.4 Å². The zero-order valence-electron chi connectivity index (χ0n) is 25.8. The number of ether oxygens (including phenoxy) is 1. The van der Waals surface area contributed by atoms with Gasteiger partial charge in [0.15, 0.2) is 5.82 Å². The molecule has 1 aromatic carbocycles. The number of anilines is 2. The molecule has 246 valence electrons. The number of carbonyl (C=O) groups excluding carboxylic acids is 1. The van der Waals surface area contributed by atoms with Crippen molar-refractivity contribution in [2.45, 2.75) is 81.5 Å². The van der Waals surface area contributed by atoms with Gasteiger partial charge in [-0.1, -0.05) is 0 Å². The summed E-state index contributed by atoms with van der Waals surface area (Å²) in [6.45, 7) is 2.39. The summed E-state index contributed by atoms with van der Waals surface area (Å²) < 4.78 is 52.0. The number of hydrogen-bond acceptors (Lipinski definition) is 9. The van der Waals surface area contributed by atoms with E-state index < -0.39 is 28.9 Å². The van der Waals surface area contributed by atoms with E-state index in [1.165, 1.54) is 18.3 Å². The Morgan fingerprint density at radius 2 is 1.91 bits per heavy atom. The van der Waals surface area contributed by atoms with E-state index in [2.05, 4.69) is 20.2 Å². The Bertz CT molecular complexity index is 1660. The highest BCUT2D eigenvalue weighted by molar-refractivity contribution is 5.92. The minimum atomic E-state index is -1.11. The molecule has 4 N–H and O–H groups in total. The van der Waals surface area contributed by atoms with Crippen LogP contribution in [0, 0.1) is 11.6 Å². The molecule has 13 heteroatoms. The van der Waals surface area contributed by atoms with E-state index in [4.69, 9.17) is 15.5 Å². The summed E-state index contributed by atoms with van der Waals surface area (Å²) >= 11 is 0. The number of benzene rings is 1. The third kappa shape index (κ3) is 5.83. The van der Waals surface area contributed by atoms with Crippen LogP contribution in [-0.4, -0.2) is 87.5 Å². The SMILES string of the molecule is Nc1cc2c(cc1F)CCCCC(=O)NCCC1(O)CCCN(C1)c1nc(OCC34CCCN3CC(F)C4)nc3c(F)c-2ncc13. The molecular weight excluding hydrogens is 599 g/mol. The van der Waals surface area contributed by atoms with Crippen molar-refractivity contribution in [3.63, 3.8) is 0 Å². The van der Waals surface area contributed by atoms with Crippen LogP contribution in [0.3, 0.4) is 0 Å². The van der Waals surface area contributed by atoms with Crippen molar-refractivity contribution in [1.29, 1.82) is 0 Å². The number of nitrogens with zero attached hydrogens (tertiary/aromatic N) is 5. The fourth-order valence-electron chi connectivity index (χ4n) is 7.84. The van der Waals surface area contributed by atoms with Crippen LogP contribution in [0.15, 0.2) is 18.3 Å². The lowest BCUT2D eigenvalue weighted by atomic mass is 9.89. The molecule has 0 saturated carbocycles. The Balaban J connectivity index is 1.34. The number of aromatic nitrogens is 3. The summed E-state index contributed by atoms with van der Waals surface area (Å²) in [5.74, 6) is -1.09. The molecule has 7 heterocycles. The van der Waals surface area contributed by atoms with Gasteiger partial charge >= 0.3 is 6.01 Å². The zero-order chi connectivity index (χ0) is 32.1. The normalized spacial score (nSPS) is 27.3. The second-order valence-corrected chi connectivity index (χ2v) is 13.5. The highest BCUT2D eigenvalue weighted by Gasteiger charge is 2.49. The summed E-state index contributed by atoms with van der Waals surface area (Å²) in [6.07, 6.45) is 5.96. The number of halogens is 3. The highest BCUT2D eigenvalue weighted by Crippen LogP contribution is 2.41. The van der Waals surface area contributed by atoms with E-state index >= 15 is 4.39 Å². The second-order valence-electron chi connectivity index (χ2n) is 13.5. The molecule has 3 fully saturated rings. The standard InChI is InChI=1S/C33H40F3N7O3/c34-21-15-32(7-3-12-43(32)17-21)19-46-31-40-29-23-16-39-28(27(29)36)22-14-25(37)24(35)13-20(22)5-1-2-6-26(44)38-10-9-33(45)8-4-11-42(18-33)30(23)41-31/h13-14,16,21,45H,1-12,15,17-19,37H2,(H,38,44). The number of hydrogen-bond donors (Lipinski definition) is 3. The van der Waals surface area contributed by atoms with Crippen molar-refractivity contribution in [3.8, 4) is 17.3 Å². The number of aryl methyl sites for hydroxylation is 1. The molecular formula is C33H40F3N7O3. The average Bonchev–Trinajstić information content (AvgIpc) is 3.55. The Kier molecular flexibility index (Phi) is 8.16. The maximum Gasteiger partial charge on any atom is 0.319 e. The summed E-state index contributed by atoms with van der Waals surface area (Å²) in [6, 6.07) is 2.64. The molecule has 5 aliphatic rings. The number of nitrogen functional groups attached to an aromatic ring is 1. The second kappa shape index (κ2) is 12.1. The van der Waals surface area contributed by atoms with Gasteiger partial charge in [-0.3, -0.25) is 14.7 Å². The molecule has 46 heavy (non-hydrogen) atoms. The minimum absolute atomic E-state index is 0.0168. The summed E-state index contributed by atoms with van der Waals surface area (Å²) in [5, 5.41) is 14.8. The van der Waals surface area contributed by atoms with Crippen molar-refractivity contribution < 1.29 is 27.8 Å². The lowest BCUT2D eigenvalue weighted by Gasteiger charge is -2.40. The fraction of sp³-hybridized carbons (Fsp3) is 0.576. The van der Waals surface area contributed by atoms with Crippen LogP contribution >= 0.6 is 0 Å². The number of nitrogens with one attached hydrogen (secondary N) is 1. The van der Waals surface area contributed by atoms with Crippen molar-refractivity contribution >= 4 is 28.3 Å². The van der Waals surface area contributed by atoms with E-state index in [1.807, 2.05) is 4.90 Å². The first-order chi connectivity index (χ1) is 22.1. The number of carbonyl (C=O) groups is 1. The molecule has 3 atom stereocenters. The summed E-state index contributed by atoms with van der Waals surface area (Å²) in [4.78, 5) is 30.3. The van der Waals surface area contributed by atoms with Crippen LogP contribution in [0.4, 0.5) is 24.7 Å². The molecule has 3 saturated heterocycles. The van der Waals surface area contributed by atoms with Gasteiger partial charge in [-0.05, 0) is 75.6 Å². The van der Waals surface area contributed by atoms with Gasteiger partial charge in [0.2, 0.25) is 5.91 Å². The predicted octanol–water partition coefficient (Wildman–Crippen LogP) is 4.07. The molecule has 1 amide bonds. The smallest absolute Gasteiger partial charge is 0.319 e. The fourth-order valence-corrected chi connectivity index (χ4v) is 7.84. The Morgan fingerprint density at radius 3 is 2.78 bits per heavy atom. The first-order valence-corrected chi connectivity index (χ1v) is 16.3.